The minimum atomic E-state index is -0.693. The van der Waals surface area contributed by atoms with Crippen LogP contribution in [0.3, 0.4) is 0 Å². The molecule has 0 unspecified atom stereocenters. The summed E-state index contributed by atoms with van der Waals surface area (Å²) in [4.78, 5) is 11.0. The Kier molecular flexibility index (Phi) is 2.27. The van der Waals surface area contributed by atoms with Crippen molar-refractivity contribution in [2.75, 3.05) is 7.05 Å². The van der Waals surface area contributed by atoms with Crippen LogP contribution in [-0.2, 0) is 0 Å². The summed E-state index contributed by atoms with van der Waals surface area (Å²) < 4.78 is 0. The van der Waals surface area contributed by atoms with Gasteiger partial charge in [0.05, 0.1) is 5.56 Å². The largest absolute Gasteiger partial charge is 0.504 e. The first-order valence-corrected chi connectivity index (χ1v) is 3.54. The number of carbonyl (C=O) groups excluding carboxylic acids is 1. The van der Waals surface area contributed by atoms with E-state index in [1.165, 1.54) is 13.1 Å². The maximum absolute atomic E-state index is 11.0. The lowest BCUT2D eigenvalue weighted by atomic mass is 10.1. The molecule has 1 rings (SSSR count). The molecule has 1 aromatic rings. The fourth-order valence-electron chi connectivity index (χ4n) is 0.887. The van der Waals surface area contributed by atoms with Gasteiger partial charge in [0.15, 0.2) is 11.5 Å². The van der Waals surface area contributed by atoms with Gasteiger partial charge in [-0.05, 0) is 12.1 Å². The topological polar surface area (TPSA) is 89.8 Å². The Hall–Kier alpha value is -1.91. The van der Waals surface area contributed by atoms with Crippen LogP contribution in [0, 0.1) is 0 Å². The van der Waals surface area contributed by atoms with Gasteiger partial charge >= 0.3 is 0 Å². The van der Waals surface area contributed by atoms with Crippen LogP contribution in [0.4, 0.5) is 0 Å². The summed E-state index contributed by atoms with van der Waals surface area (Å²) in [6.45, 7) is 0. The summed E-state index contributed by atoms with van der Waals surface area (Å²) >= 11 is 0. The Bertz CT molecular complexity index is 348. The molecule has 0 spiro atoms. The highest BCUT2D eigenvalue weighted by atomic mass is 16.3. The average Bonchev–Trinajstić information content (AvgIpc) is 2.13. The van der Waals surface area contributed by atoms with Gasteiger partial charge in [-0.2, -0.15) is 0 Å². The van der Waals surface area contributed by atoms with Crippen LogP contribution in [0.15, 0.2) is 12.1 Å². The number of phenols is 3. The van der Waals surface area contributed by atoms with Crippen molar-refractivity contribution in [3.63, 3.8) is 0 Å². The molecule has 0 aromatic heterocycles. The van der Waals surface area contributed by atoms with E-state index in [-0.39, 0.29) is 5.56 Å². The van der Waals surface area contributed by atoms with E-state index in [1.54, 1.807) is 0 Å². The van der Waals surface area contributed by atoms with Crippen LogP contribution in [0.1, 0.15) is 10.4 Å². The second kappa shape index (κ2) is 3.22. The third kappa shape index (κ3) is 1.48. The van der Waals surface area contributed by atoms with Crippen LogP contribution in [-0.4, -0.2) is 28.3 Å². The van der Waals surface area contributed by atoms with Gasteiger partial charge in [0, 0.05) is 7.05 Å². The lowest BCUT2D eigenvalue weighted by molar-refractivity contribution is 0.0959. The average molecular weight is 183 g/mol. The number of hydrogen-bond donors (Lipinski definition) is 4. The Morgan fingerprint density at radius 1 is 1.23 bits per heavy atom. The minimum Gasteiger partial charge on any atom is -0.504 e. The predicted molar refractivity (Wildman–Crippen MR) is 44.8 cm³/mol. The second-order valence-corrected chi connectivity index (χ2v) is 2.41. The van der Waals surface area contributed by atoms with Crippen molar-refractivity contribution in [1.82, 2.24) is 5.32 Å². The summed E-state index contributed by atoms with van der Waals surface area (Å²) in [5.74, 6) is -2.32. The lowest BCUT2D eigenvalue weighted by Crippen LogP contribution is -2.17. The fourth-order valence-corrected chi connectivity index (χ4v) is 0.887. The number of hydrogen-bond acceptors (Lipinski definition) is 4. The fraction of sp³-hybridized carbons (Fsp3) is 0.125. The molecule has 0 aliphatic carbocycles. The van der Waals surface area contributed by atoms with Crippen molar-refractivity contribution >= 4 is 5.91 Å². The van der Waals surface area contributed by atoms with Crippen LogP contribution in [0.25, 0.3) is 0 Å². The van der Waals surface area contributed by atoms with E-state index < -0.39 is 23.2 Å². The Morgan fingerprint density at radius 2 is 1.85 bits per heavy atom. The zero-order chi connectivity index (χ0) is 10.0. The van der Waals surface area contributed by atoms with Gasteiger partial charge in [0.2, 0.25) is 5.75 Å². The van der Waals surface area contributed by atoms with Crippen molar-refractivity contribution in [3.8, 4) is 17.2 Å². The first-order valence-electron chi connectivity index (χ1n) is 3.54. The van der Waals surface area contributed by atoms with Gasteiger partial charge < -0.3 is 20.6 Å². The highest BCUT2D eigenvalue weighted by Crippen LogP contribution is 2.36. The minimum absolute atomic E-state index is 0.0854. The number of phenolic OH excluding ortho intramolecular Hbond substituents is 3. The number of rotatable bonds is 1. The maximum atomic E-state index is 11.0. The maximum Gasteiger partial charge on any atom is 0.254 e. The van der Waals surface area contributed by atoms with Gasteiger partial charge in [-0.25, -0.2) is 0 Å². The van der Waals surface area contributed by atoms with Crippen molar-refractivity contribution in [2.24, 2.45) is 0 Å². The first kappa shape index (κ1) is 9.18. The van der Waals surface area contributed by atoms with Crippen molar-refractivity contribution in [1.29, 1.82) is 0 Å². The predicted octanol–water partition coefficient (Wildman–Crippen LogP) is 0.163. The number of aromatic hydroxyl groups is 3. The molecule has 0 heterocycles. The molecule has 0 bridgehead atoms. The van der Waals surface area contributed by atoms with Crippen molar-refractivity contribution < 1.29 is 20.1 Å². The zero-order valence-electron chi connectivity index (χ0n) is 6.90. The quantitative estimate of drug-likeness (QED) is 0.467. The highest BCUT2D eigenvalue weighted by Gasteiger charge is 2.15. The van der Waals surface area contributed by atoms with Crippen LogP contribution in [0.5, 0.6) is 17.2 Å². The monoisotopic (exact) mass is 183 g/mol. The van der Waals surface area contributed by atoms with E-state index in [4.69, 9.17) is 10.2 Å². The smallest absolute Gasteiger partial charge is 0.254 e. The second-order valence-electron chi connectivity index (χ2n) is 2.41. The van der Waals surface area contributed by atoms with E-state index in [9.17, 15) is 9.90 Å². The van der Waals surface area contributed by atoms with Crippen molar-refractivity contribution in [3.05, 3.63) is 17.7 Å². The van der Waals surface area contributed by atoms with Gasteiger partial charge in [-0.15, -0.1) is 0 Å². The molecule has 13 heavy (non-hydrogen) atoms. The summed E-state index contributed by atoms with van der Waals surface area (Å²) in [6.07, 6.45) is 0. The SMILES string of the molecule is CNC(=O)c1ccc(O)c(O)c1O. The van der Waals surface area contributed by atoms with Gasteiger partial charge in [-0.1, -0.05) is 0 Å². The molecule has 1 amide bonds. The third-order valence-corrected chi connectivity index (χ3v) is 1.60. The molecular formula is C8H9NO4. The van der Waals surface area contributed by atoms with Gasteiger partial charge in [0.1, 0.15) is 0 Å². The Labute approximate surface area is 74.3 Å². The van der Waals surface area contributed by atoms with E-state index in [1.807, 2.05) is 0 Å². The molecule has 5 nitrogen and oxygen atoms in total. The van der Waals surface area contributed by atoms with Crippen LogP contribution < -0.4 is 5.32 Å². The molecule has 0 radical (unpaired) electrons. The number of nitrogens with one attached hydrogen (secondary N) is 1. The molecule has 4 N–H and O–H groups in total. The van der Waals surface area contributed by atoms with Crippen molar-refractivity contribution in [2.45, 2.75) is 0 Å². The number of carbonyl (C=O) groups is 1. The van der Waals surface area contributed by atoms with E-state index >= 15 is 0 Å². The molecule has 0 saturated carbocycles. The van der Waals surface area contributed by atoms with Crippen LogP contribution >= 0.6 is 0 Å². The zero-order valence-corrected chi connectivity index (χ0v) is 6.90. The Morgan fingerprint density at radius 3 is 2.38 bits per heavy atom. The molecule has 0 fully saturated rings. The number of benzene rings is 1. The molecular weight excluding hydrogens is 174 g/mol. The standard InChI is InChI=1S/C8H9NO4/c1-9-8(13)4-2-3-5(10)7(12)6(4)11/h2-3,10-12H,1H3,(H,9,13). The summed E-state index contributed by atoms with van der Waals surface area (Å²) in [5.41, 5.74) is -0.0854. The lowest BCUT2D eigenvalue weighted by Gasteiger charge is -2.05. The van der Waals surface area contributed by atoms with E-state index in [0.29, 0.717) is 0 Å². The Balaban J connectivity index is 3.26. The summed E-state index contributed by atoms with van der Waals surface area (Å²) in [6, 6.07) is 2.34. The molecule has 70 valence electrons. The molecule has 0 atom stereocenters. The first-order chi connectivity index (χ1) is 6.07. The molecule has 0 aliphatic rings. The summed E-state index contributed by atoms with van der Waals surface area (Å²) in [5, 5.41) is 29.5. The normalized spacial score (nSPS) is 9.62. The van der Waals surface area contributed by atoms with E-state index in [2.05, 4.69) is 5.32 Å². The molecule has 0 saturated heterocycles. The summed E-state index contributed by atoms with van der Waals surface area (Å²) in [7, 11) is 1.39. The van der Waals surface area contributed by atoms with Gasteiger partial charge in [0.25, 0.3) is 5.91 Å². The van der Waals surface area contributed by atoms with E-state index in [0.717, 1.165) is 6.07 Å². The third-order valence-electron chi connectivity index (χ3n) is 1.60. The molecule has 5 heteroatoms. The highest BCUT2D eigenvalue weighted by molar-refractivity contribution is 5.97. The van der Waals surface area contributed by atoms with Gasteiger partial charge in [-0.3, -0.25) is 4.79 Å². The molecule has 1 aromatic carbocycles. The van der Waals surface area contributed by atoms with Crippen LogP contribution in [0.2, 0.25) is 0 Å². The molecule has 0 aliphatic heterocycles. The number of amides is 1.